The predicted molar refractivity (Wildman–Crippen MR) is 144 cm³/mol. The summed E-state index contributed by atoms with van der Waals surface area (Å²) in [5.41, 5.74) is 2.62. The van der Waals surface area contributed by atoms with Crippen molar-refractivity contribution in [1.82, 2.24) is 34.6 Å². The van der Waals surface area contributed by atoms with Crippen molar-refractivity contribution in [2.45, 2.75) is 78.2 Å². The van der Waals surface area contributed by atoms with Crippen LogP contribution in [0.15, 0.2) is 49.1 Å². The second-order valence-electron chi connectivity index (χ2n) is 11.0. The van der Waals surface area contributed by atoms with Gasteiger partial charge in [0.25, 0.3) is 0 Å². The number of amides is 1. The first-order valence-corrected chi connectivity index (χ1v) is 13.8. The summed E-state index contributed by atoms with van der Waals surface area (Å²) in [7, 11) is 0. The summed E-state index contributed by atoms with van der Waals surface area (Å²) in [5, 5.41) is 0. The fourth-order valence-electron chi connectivity index (χ4n) is 6.22. The van der Waals surface area contributed by atoms with Crippen LogP contribution in [0.1, 0.15) is 68.7 Å². The summed E-state index contributed by atoms with van der Waals surface area (Å²) in [4.78, 5) is 35.2. The number of carbonyl (C=O) groups excluding carboxylic acids is 1. The second kappa shape index (κ2) is 11.6. The van der Waals surface area contributed by atoms with Crippen LogP contribution >= 0.6 is 0 Å². The average Bonchev–Trinajstić information content (AvgIpc) is 3.66. The third kappa shape index (κ3) is 6.30. The number of hydrogen-bond acceptors (Lipinski definition) is 5. The number of piperidine rings is 1. The van der Waals surface area contributed by atoms with Crippen molar-refractivity contribution in [3.63, 3.8) is 0 Å². The van der Waals surface area contributed by atoms with E-state index >= 15 is 0 Å². The zero-order valence-electron chi connectivity index (χ0n) is 22.3. The van der Waals surface area contributed by atoms with Crippen LogP contribution in [0, 0.1) is 5.41 Å². The standard InChI is InChI=1S/C29H41N7O/c1-3-25(4-2)35-15-9-29(10-16-35)17-28(37)36(22-29)19-24-7-5-23(6-8-24)18-34(20-26-30-11-12-31-26)21-27-32-13-14-33-27/h5-8,11-14,25H,3-4,9-10,15-22H2,1-2H3,(H,30,31)(H,32,33). The van der Waals surface area contributed by atoms with Gasteiger partial charge in [-0.15, -0.1) is 0 Å². The molecular formula is C29H41N7O. The van der Waals surface area contributed by atoms with Crippen molar-refractivity contribution < 1.29 is 4.79 Å². The van der Waals surface area contributed by atoms with Gasteiger partial charge >= 0.3 is 0 Å². The molecule has 0 atom stereocenters. The number of H-pyrrole nitrogens is 2. The van der Waals surface area contributed by atoms with Crippen LogP contribution in [0.3, 0.4) is 0 Å². The van der Waals surface area contributed by atoms with E-state index < -0.39 is 0 Å². The van der Waals surface area contributed by atoms with E-state index in [4.69, 9.17) is 0 Å². The molecule has 4 heterocycles. The van der Waals surface area contributed by atoms with Crippen molar-refractivity contribution in [2.24, 2.45) is 5.41 Å². The van der Waals surface area contributed by atoms with Gasteiger partial charge in [-0.3, -0.25) is 9.69 Å². The lowest BCUT2D eigenvalue weighted by atomic mass is 9.77. The van der Waals surface area contributed by atoms with E-state index in [1.54, 1.807) is 12.4 Å². The first-order chi connectivity index (χ1) is 18.1. The maximum absolute atomic E-state index is 13.0. The molecule has 2 aliphatic heterocycles. The Kier molecular flexibility index (Phi) is 8.05. The molecule has 1 amide bonds. The summed E-state index contributed by atoms with van der Waals surface area (Å²) >= 11 is 0. The first-order valence-electron chi connectivity index (χ1n) is 13.8. The summed E-state index contributed by atoms with van der Waals surface area (Å²) < 4.78 is 0. The lowest BCUT2D eigenvalue weighted by molar-refractivity contribution is -0.128. The van der Waals surface area contributed by atoms with Gasteiger partial charge in [0.05, 0.1) is 13.1 Å². The van der Waals surface area contributed by atoms with Crippen LogP contribution in [0.4, 0.5) is 0 Å². The lowest BCUT2D eigenvalue weighted by Gasteiger charge is -2.42. The van der Waals surface area contributed by atoms with Crippen molar-refractivity contribution in [1.29, 1.82) is 0 Å². The molecule has 2 fully saturated rings. The molecule has 2 aliphatic rings. The van der Waals surface area contributed by atoms with Gasteiger partial charge in [0, 0.05) is 56.9 Å². The molecule has 8 heteroatoms. The molecule has 37 heavy (non-hydrogen) atoms. The minimum Gasteiger partial charge on any atom is -0.348 e. The maximum atomic E-state index is 13.0. The lowest BCUT2D eigenvalue weighted by Crippen LogP contribution is -2.45. The molecule has 0 unspecified atom stereocenters. The van der Waals surface area contributed by atoms with Gasteiger partial charge in [-0.25, -0.2) is 9.97 Å². The average molecular weight is 504 g/mol. The summed E-state index contributed by atoms with van der Waals surface area (Å²) in [6, 6.07) is 9.44. The normalized spacial score (nSPS) is 18.1. The Balaban J connectivity index is 1.17. The van der Waals surface area contributed by atoms with E-state index in [2.05, 4.69) is 72.7 Å². The maximum Gasteiger partial charge on any atom is 0.223 e. The van der Waals surface area contributed by atoms with Gasteiger partial charge in [-0.1, -0.05) is 38.1 Å². The number of nitrogens with one attached hydrogen (secondary N) is 2. The number of imidazole rings is 2. The monoisotopic (exact) mass is 503 g/mol. The van der Waals surface area contributed by atoms with Gasteiger partial charge in [0.15, 0.2) is 0 Å². The number of carbonyl (C=O) groups is 1. The molecule has 5 rings (SSSR count). The SMILES string of the molecule is CCC(CC)N1CCC2(CC1)CC(=O)N(Cc1ccc(CN(Cc3ncc[nH]3)Cc3ncc[nH]3)cc1)C2. The van der Waals surface area contributed by atoms with Crippen LogP contribution < -0.4 is 0 Å². The van der Waals surface area contributed by atoms with E-state index in [-0.39, 0.29) is 5.41 Å². The van der Waals surface area contributed by atoms with Gasteiger partial charge in [0.2, 0.25) is 5.91 Å². The Bertz CT molecular complexity index is 1060. The van der Waals surface area contributed by atoms with E-state index in [1.165, 1.54) is 24.0 Å². The van der Waals surface area contributed by atoms with E-state index in [0.717, 1.165) is 57.1 Å². The number of benzene rings is 1. The highest BCUT2D eigenvalue weighted by Gasteiger charge is 2.45. The molecule has 0 radical (unpaired) electrons. The van der Waals surface area contributed by atoms with E-state index in [0.29, 0.717) is 31.6 Å². The molecule has 2 N–H and O–H groups in total. The molecule has 8 nitrogen and oxygen atoms in total. The molecule has 0 saturated carbocycles. The molecular weight excluding hydrogens is 462 g/mol. The number of aromatic amines is 2. The number of aromatic nitrogens is 4. The molecule has 0 aliphatic carbocycles. The molecule has 3 aromatic rings. The topological polar surface area (TPSA) is 84.2 Å². The predicted octanol–water partition coefficient (Wildman–Crippen LogP) is 4.34. The number of rotatable bonds is 11. The highest BCUT2D eigenvalue weighted by atomic mass is 16.2. The first kappa shape index (κ1) is 25.7. The molecule has 198 valence electrons. The molecule has 1 spiro atoms. The minimum atomic E-state index is 0.178. The van der Waals surface area contributed by atoms with E-state index in [1.807, 2.05) is 12.4 Å². The molecule has 1 aromatic carbocycles. The fraction of sp³-hybridized carbons (Fsp3) is 0.552. The van der Waals surface area contributed by atoms with Gasteiger partial charge in [0.1, 0.15) is 11.6 Å². The van der Waals surface area contributed by atoms with Crippen molar-refractivity contribution >= 4 is 5.91 Å². The third-order valence-corrected chi connectivity index (χ3v) is 8.38. The van der Waals surface area contributed by atoms with E-state index in [9.17, 15) is 4.79 Å². The van der Waals surface area contributed by atoms with Crippen LogP contribution in [-0.2, 0) is 31.0 Å². The largest absolute Gasteiger partial charge is 0.348 e. The van der Waals surface area contributed by atoms with Crippen molar-refractivity contribution in [2.75, 3.05) is 19.6 Å². The Morgan fingerprint density at radius 2 is 1.51 bits per heavy atom. The Hall–Kier alpha value is -2.97. The fourth-order valence-corrected chi connectivity index (χ4v) is 6.22. The second-order valence-corrected chi connectivity index (χ2v) is 11.0. The molecule has 2 aromatic heterocycles. The Morgan fingerprint density at radius 3 is 2.05 bits per heavy atom. The Labute approximate surface area is 220 Å². The van der Waals surface area contributed by atoms with Gasteiger partial charge in [-0.05, 0) is 55.3 Å². The van der Waals surface area contributed by atoms with Crippen LogP contribution in [-0.4, -0.2) is 66.2 Å². The minimum absolute atomic E-state index is 0.178. The highest BCUT2D eigenvalue weighted by molar-refractivity contribution is 5.79. The quantitative estimate of drug-likeness (QED) is 0.407. The van der Waals surface area contributed by atoms with Crippen molar-refractivity contribution in [3.8, 4) is 0 Å². The summed E-state index contributed by atoms with van der Waals surface area (Å²) in [5.74, 6) is 2.20. The Morgan fingerprint density at radius 1 is 0.919 bits per heavy atom. The number of likely N-dealkylation sites (tertiary alicyclic amines) is 2. The summed E-state index contributed by atoms with van der Waals surface area (Å²) in [6.07, 6.45) is 12.7. The van der Waals surface area contributed by atoms with Crippen LogP contribution in [0.2, 0.25) is 0 Å². The third-order valence-electron chi connectivity index (χ3n) is 8.38. The molecule has 0 bridgehead atoms. The molecule has 2 saturated heterocycles. The number of nitrogens with zero attached hydrogens (tertiary/aromatic N) is 5. The highest BCUT2D eigenvalue weighted by Crippen LogP contribution is 2.42. The zero-order valence-corrected chi connectivity index (χ0v) is 22.3. The summed E-state index contributed by atoms with van der Waals surface area (Å²) in [6.45, 7) is 10.7. The van der Waals surface area contributed by atoms with Gasteiger partial charge in [-0.2, -0.15) is 0 Å². The zero-order chi connectivity index (χ0) is 25.7. The van der Waals surface area contributed by atoms with Crippen LogP contribution in [0.25, 0.3) is 0 Å². The number of hydrogen-bond donors (Lipinski definition) is 2. The smallest absolute Gasteiger partial charge is 0.223 e. The van der Waals surface area contributed by atoms with Crippen LogP contribution in [0.5, 0.6) is 0 Å². The van der Waals surface area contributed by atoms with Crippen molar-refractivity contribution in [3.05, 3.63) is 71.8 Å². The van der Waals surface area contributed by atoms with Gasteiger partial charge < -0.3 is 19.8 Å².